The quantitative estimate of drug-likeness (QED) is 0.646. The van der Waals surface area contributed by atoms with Crippen LogP contribution in [-0.2, 0) is 6.42 Å². The molecule has 1 aromatic carbocycles. The van der Waals surface area contributed by atoms with Crippen molar-refractivity contribution < 1.29 is 4.74 Å². The van der Waals surface area contributed by atoms with Crippen molar-refractivity contribution in [1.82, 2.24) is 9.97 Å². The van der Waals surface area contributed by atoms with E-state index in [0.717, 1.165) is 29.0 Å². The molecule has 3 N–H and O–H groups in total. The number of aryl methyl sites for hydroxylation is 1. The van der Waals surface area contributed by atoms with Gasteiger partial charge in [0.15, 0.2) is 5.82 Å². The standard InChI is InChI=1S/C15H20N4O/c1-4-13-10(3)14(19-16)18-15(17-13)11-7-6-8-12(9-11)20-5-2/h6-9H,4-5,16H2,1-3H3,(H,17,18,19). The average molecular weight is 272 g/mol. The van der Waals surface area contributed by atoms with Crippen molar-refractivity contribution in [3.05, 3.63) is 35.5 Å². The van der Waals surface area contributed by atoms with E-state index in [-0.39, 0.29) is 0 Å². The Bertz CT molecular complexity index is 573. The molecule has 5 nitrogen and oxygen atoms in total. The molecular weight excluding hydrogens is 252 g/mol. The maximum atomic E-state index is 5.53. The summed E-state index contributed by atoms with van der Waals surface area (Å²) in [5.41, 5.74) is 5.53. The summed E-state index contributed by atoms with van der Waals surface area (Å²) in [5, 5.41) is 0. The van der Waals surface area contributed by atoms with Crippen molar-refractivity contribution >= 4 is 5.82 Å². The van der Waals surface area contributed by atoms with E-state index in [1.54, 1.807) is 0 Å². The highest BCUT2D eigenvalue weighted by Gasteiger charge is 2.11. The molecule has 0 amide bonds. The van der Waals surface area contributed by atoms with Crippen molar-refractivity contribution in [2.45, 2.75) is 27.2 Å². The largest absolute Gasteiger partial charge is 0.494 e. The van der Waals surface area contributed by atoms with Crippen LogP contribution in [0.2, 0.25) is 0 Å². The Morgan fingerprint density at radius 1 is 1.25 bits per heavy atom. The first-order valence-corrected chi connectivity index (χ1v) is 6.77. The van der Waals surface area contributed by atoms with E-state index in [9.17, 15) is 0 Å². The third-order valence-corrected chi connectivity index (χ3v) is 3.12. The molecule has 5 heteroatoms. The summed E-state index contributed by atoms with van der Waals surface area (Å²) in [5.74, 6) is 7.66. The van der Waals surface area contributed by atoms with Gasteiger partial charge in [0.2, 0.25) is 0 Å². The molecule has 0 unspecified atom stereocenters. The zero-order valence-electron chi connectivity index (χ0n) is 12.1. The van der Waals surface area contributed by atoms with Crippen LogP contribution in [-0.4, -0.2) is 16.6 Å². The fraction of sp³-hybridized carbons (Fsp3) is 0.333. The van der Waals surface area contributed by atoms with E-state index in [1.165, 1.54) is 0 Å². The lowest BCUT2D eigenvalue weighted by molar-refractivity contribution is 0.340. The fourth-order valence-electron chi connectivity index (χ4n) is 2.07. The van der Waals surface area contributed by atoms with Crippen molar-refractivity contribution in [3.8, 4) is 17.1 Å². The number of hydrogen-bond acceptors (Lipinski definition) is 5. The molecule has 0 saturated carbocycles. The third kappa shape index (κ3) is 2.88. The van der Waals surface area contributed by atoms with Gasteiger partial charge in [-0.3, -0.25) is 0 Å². The summed E-state index contributed by atoms with van der Waals surface area (Å²) in [6.45, 7) is 6.62. The molecule has 0 aliphatic carbocycles. The summed E-state index contributed by atoms with van der Waals surface area (Å²) in [4.78, 5) is 9.08. The first-order chi connectivity index (χ1) is 9.69. The smallest absolute Gasteiger partial charge is 0.161 e. The molecule has 20 heavy (non-hydrogen) atoms. The number of nitrogen functional groups attached to an aromatic ring is 1. The van der Waals surface area contributed by atoms with E-state index in [4.69, 9.17) is 10.6 Å². The third-order valence-electron chi connectivity index (χ3n) is 3.12. The van der Waals surface area contributed by atoms with Gasteiger partial charge in [0.25, 0.3) is 0 Å². The van der Waals surface area contributed by atoms with Crippen molar-refractivity contribution in [3.63, 3.8) is 0 Å². The minimum absolute atomic E-state index is 0.633. The number of nitrogens with zero attached hydrogens (tertiary/aromatic N) is 2. The van der Waals surface area contributed by atoms with Gasteiger partial charge in [-0.1, -0.05) is 19.1 Å². The lowest BCUT2D eigenvalue weighted by Gasteiger charge is -2.11. The second kappa shape index (κ2) is 6.34. The summed E-state index contributed by atoms with van der Waals surface area (Å²) in [6.07, 6.45) is 0.835. The van der Waals surface area contributed by atoms with Gasteiger partial charge in [-0.05, 0) is 32.4 Å². The van der Waals surface area contributed by atoms with E-state index >= 15 is 0 Å². The highest BCUT2D eigenvalue weighted by atomic mass is 16.5. The summed E-state index contributed by atoms with van der Waals surface area (Å²) in [6, 6.07) is 7.76. The average Bonchev–Trinajstić information content (AvgIpc) is 2.48. The summed E-state index contributed by atoms with van der Waals surface area (Å²) in [7, 11) is 0. The van der Waals surface area contributed by atoms with Crippen molar-refractivity contribution in [1.29, 1.82) is 0 Å². The Kier molecular flexibility index (Phi) is 4.53. The number of hydrogen-bond donors (Lipinski definition) is 2. The first-order valence-electron chi connectivity index (χ1n) is 6.77. The Balaban J connectivity index is 2.49. The topological polar surface area (TPSA) is 73.1 Å². The molecule has 2 rings (SSSR count). The zero-order valence-corrected chi connectivity index (χ0v) is 12.1. The number of benzene rings is 1. The normalized spacial score (nSPS) is 10.4. The van der Waals surface area contributed by atoms with Crippen LogP contribution in [0.3, 0.4) is 0 Å². The fourth-order valence-corrected chi connectivity index (χ4v) is 2.07. The summed E-state index contributed by atoms with van der Waals surface area (Å²) < 4.78 is 5.51. The molecule has 0 saturated heterocycles. The lowest BCUT2D eigenvalue weighted by Crippen LogP contribution is -2.13. The van der Waals surface area contributed by atoms with E-state index in [2.05, 4.69) is 22.3 Å². The maximum Gasteiger partial charge on any atom is 0.161 e. The van der Waals surface area contributed by atoms with Crippen LogP contribution in [0.5, 0.6) is 5.75 Å². The van der Waals surface area contributed by atoms with Gasteiger partial charge < -0.3 is 10.2 Å². The van der Waals surface area contributed by atoms with Gasteiger partial charge in [0, 0.05) is 16.8 Å². The number of rotatable bonds is 5. The predicted molar refractivity (Wildman–Crippen MR) is 80.6 cm³/mol. The van der Waals surface area contributed by atoms with Crippen LogP contribution < -0.4 is 16.0 Å². The van der Waals surface area contributed by atoms with E-state index in [0.29, 0.717) is 18.2 Å². The molecular formula is C15H20N4O. The monoisotopic (exact) mass is 272 g/mol. The number of nitrogens with two attached hydrogens (primary N) is 1. The highest BCUT2D eigenvalue weighted by Crippen LogP contribution is 2.24. The molecule has 0 bridgehead atoms. The molecule has 0 fully saturated rings. The molecule has 106 valence electrons. The van der Waals surface area contributed by atoms with Crippen LogP contribution in [0, 0.1) is 6.92 Å². The second-order valence-corrected chi connectivity index (χ2v) is 4.43. The second-order valence-electron chi connectivity index (χ2n) is 4.43. The Morgan fingerprint density at radius 2 is 2.05 bits per heavy atom. The van der Waals surface area contributed by atoms with Crippen LogP contribution >= 0.6 is 0 Å². The molecule has 1 heterocycles. The van der Waals surface area contributed by atoms with E-state index < -0.39 is 0 Å². The zero-order chi connectivity index (χ0) is 14.5. The van der Waals surface area contributed by atoms with Gasteiger partial charge in [-0.2, -0.15) is 0 Å². The van der Waals surface area contributed by atoms with Gasteiger partial charge >= 0.3 is 0 Å². The van der Waals surface area contributed by atoms with Crippen LogP contribution in [0.15, 0.2) is 24.3 Å². The number of anilines is 1. The van der Waals surface area contributed by atoms with Crippen molar-refractivity contribution in [2.24, 2.45) is 5.84 Å². The number of ether oxygens (including phenoxy) is 1. The van der Waals surface area contributed by atoms with Crippen LogP contribution in [0.1, 0.15) is 25.1 Å². The van der Waals surface area contributed by atoms with Gasteiger partial charge in [-0.25, -0.2) is 15.8 Å². The minimum Gasteiger partial charge on any atom is -0.494 e. The van der Waals surface area contributed by atoms with Gasteiger partial charge in [-0.15, -0.1) is 0 Å². The molecule has 2 aromatic rings. The molecule has 1 aromatic heterocycles. The maximum absolute atomic E-state index is 5.53. The van der Waals surface area contributed by atoms with Gasteiger partial charge in [0.05, 0.1) is 6.61 Å². The predicted octanol–water partition coefficient (Wildman–Crippen LogP) is 2.70. The Labute approximate surface area is 119 Å². The lowest BCUT2D eigenvalue weighted by atomic mass is 10.1. The van der Waals surface area contributed by atoms with Crippen LogP contribution in [0.4, 0.5) is 5.82 Å². The molecule has 0 atom stereocenters. The van der Waals surface area contributed by atoms with Gasteiger partial charge in [0.1, 0.15) is 11.6 Å². The van der Waals surface area contributed by atoms with Crippen molar-refractivity contribution in [2.75, 3.05) is 12.0 Å². The SMILES string of the molecule is CCOc1cccc(-c2nc(CC)c(C)c(NN)n2)c1. The minimum atomic E-state index is 0.633. The number of hydrazine groups is 1. The Morgan fingerprint density at radius 3 is 2.70 bits per heavy atom. The number of aromatic nitrogens is 2. The Hall–Kier alpha value is -2.14. The summed E-state index contributed by atoms with van der Waals surface area (Å²) >= 11 is 0. The molecule has 0 aliphatic rings. The highest BCUT2D eigenvalue weighted by molar-refractivity contribution is 5.61. The molecule has 0 radical (unpaired) electrons. The van der Waals surface area contributed by atoms with Crippen LogP contribution in [0.25, 0.3) is 11.4 Å². The number of nitrogens with one attached hydrogen (secondary N) is 1. The first kappa shape index (κ1) is 14.3. The molecule has 0 aliphatic heterocycles. The molecule has 0 spiro atoms. The van der Waals surface area contributed by atoms with E-state index in [1.807, 2.05) is 38.1 Å².